The van der Waals surface area contributed by atoms with Gasteiger partial charge in [0.05, 0.1) is 29.8 Å². The Balaban J connectivity index is 2.18. The number of fused-ring (bicyclic) bond motifs is 2. The highest BCUT2D eigenvalue weighted by molar-refractivity contribution is 6.31. The molecule has 7 N–H and O–H groups in total. The number of hydrogen-bond acceptors (Lipinski definition) is 6. The van der Waals surface area contributed by atoms with E-state index in [2.05, 4.69) is 21.4 Å². The summed E-state index contributed by atoms with van der Waals surface area (Å²) >= 11 is 0. The zero-order valence-electron chi connectivity index (χ0n) is 13.3. The number of rotatable bonds is 6. The summed E-state index contributed by atoms with van der Waals surface area (Å²) in [7, 11) is 0. The number of nitrogens with two attached hydrogens (primary N) is 1. The Morgan fingerprint density at radius 2 is 1.58 bits per heavy atom. The van der Waals surface area contributed by atoms with E-state index in [1.54, 1.807) is 12.1 Å². The summed E-state index contributed by atoms with van der Waals surface area (Å²) < 4.78 is 0. The lowest BCUT2D eigenvalue weighted by atomic mass is 9.83. The summed E-state index contributed by atoms with van der Waals surface area (Å²) in [5, 5.41) is 6.31. The highest BCUT2D eigenvalue weighted by Crippen LogP contribution is 2.36. The van der Waals surface area contributed by atoms with E-state index in [4.69, 9.17) is 5.73 Å². The Morgan fingerprint density at radius 1 is 0.958 bits per heavy atom. The van der Waals surface area contributed by atoms with Crippen molar-refractivity contribution in [2.24, 2.45) is 5.73 Å². The predicted octanol–water partition coefficient (Wildman–Crippen LogP) is -0.119. The number of benzene rings is 1. The molecule has 24 heavy (non-hydrogen) atoms. The second-order valence-electron chi connectivity index (χ2n) is 5.49. The van der Waals surface area contributed by atoms with Crippen molar-refractivity contribution in [3.63, 3.8) is 0 Å². The topological polar surface area (TPSA) is 125 Å². The Morgan fingerprint density at radius 3 is 2.21 bits per heavy atom. The summed E-state index contributed by atoms with van der Waals surface area (Å²) in [5.74, 6) is -0.379. The SMILES string of the molecule is NCCNc1ccc(NCC[NH3+])c2c1C(=O)c1cnccc1C2=O. The van der Waals surface area contributed by atoms with Gasteiger partial charge in [-0.2, -0.15) is 0 Å². The number of nitrogens with one attached hydrogen (secondary N) is 2. The van der Waals surface area contributed by atoms with Crippen LogP contribution in [0.2, 0.25) is 0 Å². The van der Waals surface area contributed by atoms with Crippen LogP contribution in [0.15, 0.2) is 30.6 Å². The first-order chi connectivity index (χ1) is 11.7. The molecular weight excluding hydrogens is 306 g/mol. The molecule has 7 nitrogen and oxygen atoms in total. The van der Waals surface area contributed by atoms with Crippen molar-refractivity contribution in [1.82, 2.24) is 4.98 Å². The zero-order valence-corrected chi connectivity index (χ0v) is 13.3. The van der Waals surface area contributed by atoms with Crippen molar-refractivity contribution < 1.29 is 15.3 Å². The van der Waals surface area contributed by atoms with Gasteiger partial charge < -0.3 is 22.1 Å². The van der Waals surface area contributed by atoms with Crippen LogP contribution in [0.5, 0.6) is 0 Å². The fourth-order valence-corrected chi connectivity index (χ4v) is 2.84. The molecule has 7 heteroatoms. The fraction of sp³-hybridized carbons (Fsp3) is 0.235. The summed E-state index contributed by atoms with van der Waals surface area (Å²) in [6.45, 7) is 2.23. The molecule has 0 saturated carbocycles. The van der Waals surface area contributed by atoms with Crippen LogP contribution < -0.4 is 22.1 Å². The van der Waals surface area contributed by atoms with Crippen molar-refractivity contribution in [2.45, 2.75) is 0 Å². The van der Waals surface area contributed by atoms with Crippen LogP contribution in [0, 0.1) is 0 Å². The first-order valence-corrected chi connectivity index (χ1v) is 7.86. The largest absolute Gasteiger partial charge is 0.383 e. The summed E-state index contributed by atoms with van der Waals surface area (Å²) in [5.41, 5.74) is 12.1. The minimum absolute atomic E-state index is 0.176. The molecule has 1 heterocycles. The Hall–Kier alpha value is -2.77. The third kappa shape index (κ3) is 2.64. The summed E-state index contributed by atoms with van der Waals surface area (Å²) in [4.78, 5) is 29.9. The minimum Gasteiger partial charge on any atom is -0.383 e. The molecule has 0 radical (unpaired) electrons. The van der Waals surface area contributed by atoms with E-state index >= 15 is 0 Å². The third-order valence-electron chi connectivity index (χ3n) is 3.92. The van der Waals surface area contributed by atoms with Gasteiger partial charge in [-0.25, -0.2) is 0 Å². The molecule has 2 aromatic rings. The normalized spacial score (nSPS) is 12.6. The van der Waals surface area contributed by atoms with Gasteiger partial charge in [0.1, 0.15) is 0 Å². The predicted molar refractivity (Wildman–Crippen MR) is 91.3 cm³/mol. The number of pyridine rings is 1. The molecule has 0 unspecified atom stereocenters. The number of anilines is 2. The zero-order chi connectivity index (χ0) is 17.1. The number of hydrogen-bond donors (Lipinski definition) is 4. The molecule has 0 atom stereocenters. The maximum atomic E-state index is 13.0. The quantitative estimate of drug-likeness (QED) is 0.500. The van der Waals surface area contributed by atoms with Crippen LogP contribution >= 0.6 is 0 Å². The number of nitrogens with zero attached hydrogens (tertiary/aromatic N) is 1. The highest BCUT2D eigenvalue weighted by Gasteiger charge is 2.34. The Kier molecular flexibility index (Phi) is 4.54. The molecule has 0 aliphatic heterocycles. The van der Waals surface area contributed by atoms with E-state index < -0.39 is 0 Å². The van der Waals surface area contributed by atoms with Gasteiger partial charge >= 0.3 is 0 Å². The van der Waals surface area contributed by atoms with Crippen molar-refractivity contribution in [2.75, 3.05) is 36.8 Å². The average molecular weight is 326 g/mol. The van der Waals surface area contributed by atoms with E-state index in [0.29, 0.717) is 59.8 Å². The number of ketones is 2. The van der Waals surface area contributed by atoms with Gasteiger partial charge in [0.25, 0.3) is 0 Å². The molecule has 3 rings (SSSR count). The second kappa shape index (κ2) is 6.77. The van der Waals surface area contributed by atoms with Crippen LogP contribution in [0.25, 0.3) is 0 Å². The van der Waals surface area contributed by atoms with Gasteiger partial charge in [-0.3, -0.25) is 14.6 Å². The van der Waals surface area contributed by atoms with Gasteiger partial charge in [-0.15, -0.1) is 0 Å². The third-order valence-corrected chi connectivity index (χ3v) is 3.92. The minimum atomic E-state index is -0.203. The first-order valence-electron chi connectivity index (χ1n) is 7.86. The number of quaternary nitrogens is 1. The van der Waals surface area contributed by atoms with Crippen LogP contribution in [-0.2, 0) is 0 Å². The van der Waals surface area contributed by atoms with Crippen LogP contribution in [0.4, 0.5) is 11.4 Å². The van der Waals surface area contributed by atoms with E-state index in [1.165, 1.54) is 12.4 Å². The van der Waals surface area contributed by atoms with E-state index in [1.807, 2.05) is 6.07 Å². The molecule has 0 saturated heterocycles. The van der Waals surface area contributed by atoms with Gasteiger partial charge in [0.15, 0.2) is 11.6 Å². The van der Waals surface area contributed by atoms with Gasteiger partial charge in [-0.1, -0.05) is 0 Å². The maximum absolute atomic E-state index is 13.0. The molecule has 124 valence electrons. The first kappa shape index (κ1) is 16.1. The lowest BCUT2D eigenvalue weighted by Gasteiger charge is -2.23. The number of carbonyl (C=O) groups excluding carboxylic acids is 2. The average Bonchev–Trinajstić information content (AvgIpc) is 2.62. The van der Waals surface area contributed by atoms with Gasteiger partial charge in [0, 0.05) is 42.4 Å². The molecule has 0 fully saturated rings. The summed E-state index contributed by atoms with van der Waals surface area (Å²) in [6.07, 6.45) is 2.97. The summed E-state index contributed by atoms with van der Waals surface area (Å²) in [6, 6.07) is 5.20. The molecular formula is C17H20N5O2+. The second-order valence-corrected chi connectivity index (χ2v) is 5.49. The lowest BCUT2D eigenvalue weighted by molar-refractivity contribution is -0.362. The monoisotopic (exact) mass is 326 g/mol. The van der Waals surface area contributed by atoms with Crippen LogP contribution in [0.1, 0.15) is 31.8 Å². The van der Waals surface area contributed by atoms with Gasteiger partial charge in [0.2, 0.25) is 0 Å². The molecule has 1 aromatic heterocycles. The molecule has 1 aliphatic carbocycles. The molecule has 1 aliphatic rings. The standard InChI is InChI=1S/C17H19N5O2/c18-4-7-21-12-1-2-13(22-8-5-19)15-14(12)16(23)10-3-6-20-9-11(10)17(15)24/h1-3,6,9,21-22H,4-5,7-8,18-19H2/p+1. The van der Waals surface area contributed by atoms with Crippen LogP contribution in [-0.4, -0.2) is 42.7 Å². The Bertz CT molecular complexity index is 738. The number of aromatic nitrogens is 1. The van der Waals surface area contributed by atoms with Crippen LogP contribution in [0.3, 0.4) is 0 Å². The van der Waals surface area contributed by atoms with Gasteiger partial charge in [-0.05, 0) is 18.2 Å². The van der Waals surface area contributed by atoms with Crippen molar-refractivity contribution in [3.05, 3.63) is 52.8 Å². The van der Waals surface area contributed by atoms with Crippen molar-refractivity contribution in [1.29, 1.82) is 0 Å². The van der Waals surface area contributed by atoms with Crippen molar-refractivity contribution in [3.8, 4) is 0 Å². The molecule has 0 bridgehead atoms. The molecule has 0 spiro atoms. The lowest BCUT2D eigenvalue weighted by Crippen LogP contribution is -2.53. The van der Waals surface area contributed by atoms with E-state index in [-0.39, 0.29) is 11.6 Å². The highest BCUT2D eigenvalue weighted by atomic mass is 16.1. The Labute approximate surface area is 139 Å². The van der Waals surface area contributed by atoms with E-state index in [0.717, 1.165) is 0 Å². The fourth-order valence-electron chi connectivity index (χ4n) is 2.84. The maximum Gasteiger partial charge on any atom is 0.198 e. The van der Waals surface area contributed by atoms with E-state index in [9.17, 15) is 9.59 Å². The molecule has 1 aromatic carbocycles. The van der Waals surface area contributed by atoms with Crippen molar-refractivity contribution >= 4 is 22.9 Å². The smallest absolute Gasteiger partial charge is 0.198 e. The number of carbonyl (C=O) groups is 2. The molecule has 0 amide bonds.